The second-order valence-electron chi connectivity index (χ2n) is 4.02. The van der Waals surface area contributed by atoms with Crippen LogP contribution in [0.15, 0.2) is 0 Å². The van der Waals surface area contributed by atoms with Gasteiger partial charge >= 0.3 is 0 Å². The van der Waals surface area contributed by atoms with Gasteiger partial charge in [-0.3, -0.25) is 0 Å². The minimum absolute atomic E-state index is 0.384. The Bertz CT molecular complexity index is 109. The summed E-state index contributed by atoms with van der Waals surface area (Å²) in [5.41, 5.74) is 10.2. The van der Waals surface area contributed by atoms with Crippen LogP contribution in [-0.4, -0.2) is 37.6 Å². The summed E-state index contributed by atoms with van der Waals surface area (Å²) in [5.74, 6) is 0. The van der Waals surface area contributed by atoms with Crippen molar-refractivity contribution in [2.45, 2.75) is 45.1 Å². The highest BCUT2D eigenvalue weighted by Gasteiger charge is 2.08. The van der Waals surface area contributed by atoms with Gasteiger partial charge < -0.3 is 16.4 Å². The number of nitrogens with two attached hydrogens (primary N) is 2. The summed E-state index contributed by atoms with van der Waals surface area (Å²) in [7, 11) is 1.50. The third-order valence-electron chi connectivity index (χ3n) is 2.58. The van der Waals surface area contributed by atoms with Gasteiger partial charge in [0, 0.05) is 6.04 Å². The minimum atomic E-state index is 0.384. The van der Waals surface area contributed by atoms with Crippen molar-refractivity contribution in [1.29, 1.82) is 0 Å². The summed E-state index contributed by atoms with van der Waals surface area (Å²) >= 11 is 0. The van der Waals surface area contributed by atoms with Crippen molar-refractivity contribution in [3.8, 4) is 0 Å². The zero-order valence-electron chi connectivity index (χ0n) is 9.84. The Kier molecular flexibility index (Phi) is 9.35. The molecule has 1 saturated heterocycles. The van der Waals surface area contributed by atoms with Crippen LogP contribution in [0.3, 0.4) is 0 Å². The molecule has 0 radical (unpaired) electrons. The van der Waals surface area contributed by atoms with Crippen LogP contribution in [0.4, 0.5) is 0 Å². The highest BCUT2D eigenvalue weighted by molar-refractivity contribution is 4.65. The molecular formula is C11H27N3. The van der Waals surface area contributed by atoms with E-state index < -0.39 is 0 Å². The maximum Gasteiger partial charge on any atom is 0.00109 e. The number of hydrogen-bond donors (Lipinski definition) is 2. The van der Waals surface area contributed by atoms with Crippen LogP contribution in [0.1, 0.15) is 39.0 Å². The number of piperidine rings is 1. The molecule has 3 heteroatoms. The molecule has 4 N–H and O–H groups in total. The normalized spacial score (nSPS) is 19.7. The maximum atomic E-state index is 5.69. The summed E-state index contributed by atoms with van der Waals surface area (Å²) in [6.07, 6.45) is 6.69. The molecule has 1 aliphatic heterocycles. The van der Waals surface area contributed by atoms with Crippen LogP contribution >= 0.6 is 0 Å². The molecule has 1 heterocycles. The van der Waals surface area contributed by atoms with Gasteiger partial charge in [0.2, 0.25) is 0 Å². The summed E-state index contributed by atoms with van der Waals surface area (Å²) < 4.78 is 0. The van der Waals surface area contributed by atoms with Gasteiger partial charge in [-0.1, -0.05) is 6.42 Å². The van der Waals surface area contributed by atoms with E-state index in [-0.39, 0.29) is 0 Å². The maximum absolute atomic E-state index is 5.69. The highest BCUT2D eigenvalue weighted by Crippen LogP contribution is 2.09. The van der Waals surface area contributed by atoms with Gasteiger partial charge in [0.25, 0.3) is 0 Å². The van der Waals surface area contributed by atoms with Crippen LogP contribution in [0.2, 0.25) is 0 Å². The molecule has 0 aromatic carbocycles. The average Bonchev–Trinajstić information content (AvgIpc) is 2.22. The van der Waals surface area contributed by atoms with Crippen LogP contribution in [0.5, 0.6) is 0 Å². The Balaban J connectivity index is 0.000000791. The number of nitrogens with zero attached hydrogens (tertiary/aromatic N) is 1. The van der Waals surface area contributed by atoms with Crippen LogP contribution in [0, 0.1) is 0 Å². The van der Waals surface area contributed by atoms with E-state index >= 15 is 0 Å². The van der Waals surface area contributed by atoms with E-state index in [0.717, 1.165) is 0 Å². The molecule has 0 aromatic heterocycles. The van der Waals surface area contributed by atoms with Crippen LogP contribution in [0.25, 0.3) is 0 Å². The molecule has 0 aliphatic carbocycles. The fourth-order valence-corrected chi connectivity index (χ4v) is 1.82. The molecule has 0 bridgehead atoms. The third-order valence-corrected chi connectivity index (χ3v) is 2.58. The van der Waals surface area contributed by atoms with E-state index in [1.165, 1.54) is 58.8 Å². The van der Waals surface area contributed by atoms with Crippen molar-refractivity contribution < 1.29 is 0 Å². The van der Waals surface area contributed by atoms with E-state index in [1.54, 1.807) is 0 Å². The quantitative estimate of drug-likeness (QED) is 0.718. The molecule has 14 heavy (non-hydrogen) atoms. The Morgan fingerprint density at radius 1 is 1.14 bits per heavy atom. The molecule has 1 fully saturated rings. The van der Waals surface area contributed by atoms with Gasteiger partial charge in [0.05, 0.1) is 0 Å². The summed E-state index contributed by atoms with van der Waals surface area (Å²) in [6.45, 7) is 6.00. The average molecular weight is 201 g/mol. The lowest BCUT2D eigenvalue weighted by Gasteiger charge is -2.26. The van der Waals surface area contributed by atoms with Crippen LogP contribution in [-0.2, 0) is 0 Å². The standard InChI is InChI=1S/C10H22N2.CH5N/c1-10(11)6-5-9-12-7-3-2-4-8-12;1-2/h10H,2-9,11H2,1H3;2H2,1H3. The molecule has 1 rings (SSSR count). The van der Waals surface area contributed by atoms with Crippen molar-refractivity contribution in [3.63, 3.8) is 0 Å². The summed E-state index contributed by atoms with van der Waals surface area (Å²) in [6, 6.07) is 0.384. The summed E-state index contributed by atoms with van der Waals surface area (Å²) in [5, 5.41) is 0. The van der Waals surface area contributed by atoms with Crippen molar-refractivity contribution in [3.05, 3.63) is 0 Å². The predicted octanol–water partition coefficient (Wildman–Crippen LogP) is 1.17. The molecule has 0 amide bonds. The first-order chi connectivity index (χ1) is 6.79. The Morgan fingerprint density at radius 2 is 1.71 bits per heavy atom. The van der Waals surface area contributed by atoms with Gasteiger partial charge in [-0.2, -0.15) is 0 Å². The molecule has 86 valence electrons. The van der Waals surface area contributed by atoms with Crippen molar-refractivity contribution in [2.75, 3.05) is 26.7 Å². The molecule has 0 aromatic rings. The molecule has 1 atom stereocenters. The molecule has 0 spiro atoms. The lowest BCUT2D eigenvalue weighted by atomic mass is 10.1. The first-order valence-electron chi connectivity index (χ1n) is 5.84. The van der Waals surface area contributed by atoms with Gasteiger partial charge in [-0.05, 0) is 59.3 Å². The minimum Gasteiger partial charge on any atom is -0.333 e. The fraction of sp³-hybridized carbons (Fsp3) is 1.00. The largest absolute Gasteiger partial charge is 0.333 e. The molecular weight excluding hydrogens is 174 g/mol. The zero-order chi connectivity index (χ0) is 10.8. The monoisotopic (exact) mass is 201 g/mol. The van der Waals surface area contributed by atoms with E-state index in [2.05, 4.69) is 17.6 Å². The third kappa shape index (κ3) is 7.30. The number of hydrogen-bond acceptors (Lipinski definition) is 3. The van der Waals surface area contributed by atoms with Crippen molar-refractivity contribution in [1.82, 2.24) is 4.90 Å². The summed E-state index contributed by atoms with van der Waals surface area (Å²) in [4.78, 5) is 2.58. The van der Waals surface area contributed by atoms with Crippen molar-refractivity contribution in [2.24, 2.45) is 11.5 Å². The van der Waals surface area contributed by atoms with E-state index in [0.29, 0.717) is 6.04 Å². The second kappa shape index (κ2) is 9.44. The topological polar surface area (TPSA) is 55.3 Å². The van der Waals surface area contributed by atoms with Gasteiger partial charge in [-0.15, -0.1) is 0 Å². The Morgan fingerprint density at radius 3 is 2.21 bits per heavy atom. The predicted molar refractivity (Wildman–Crippen MR) is 63.3 cm³/mol. The molecule has 1 unspecified atom stereocenters. The first kappa shape index (κ1) is 13.9. The number of likely N-dealkylation sites (tertiary alicyclic amines) is 1. The SMILES string of the molecule is CC(N)CCCN1CCCCC1.CN. The zero-order valence-corrected chi connectivity index (χ0v) is 9.84. The lowest BCUT2D eigenvalue weighted by Crippen LogP contribution is -2.31. The molecule has 0 saturated carbocycles. The Hall–Kier alpha value is -0.120. The highest BCUT2D eigenvalue weighted by atomic mass is 15.1. The molecule has 3 nitrogen and oxygen atoms in total. The Labute approximate surface area is 88.8 Å². The number of rotatable bonds is 4. The lowest BCUT2D eigenvalue weighted by molar-refractivity contribution is 0.223. The first-order valence-corrected chi connectivity index (χ1v) is 5.84. The smallest absolute Gasteiger partial charge is 0.00109 e. The van der Waals surface area contributed by atoms with E-state index in [9.17, 15) is 0 Å². The fourth-order valence-electron chi connectivity index (χ4n) is 1.82. The van der Waals surface area contributed by atoms with E-state index in [4.69, 9.17) is 5.73 Å². The molecule has 1 aliphatic rings. The second-order valence-corrected chi connectivity index (χ2v) is 4.02. The van der Waals surface area contributed by atoms with Crippen molar-refractivity contribution >= 4 is 0 Å². The van der Waals surface area contributed by atoms with Gasteiger partial charge in [0.1, 0.15) is 0 Å². The van der Waals surface area contributed by atoms with Gasteiger partial charge in [-0.25, -0.2) is 0 Å². The van der Waals surface area contributed by atoms with Crippen LogP contribution < -0.4 is 11.5 Å². The van der Waals surface area contributed by atoms with E-state index in [1.807, 2.05) is 0 Å². The van der Waals surface area contributed by atoms with Gasteiger partial charge in [0.15, 0.2) is 0 Å².